The topological polar surface area (TPSA) is 33.3 Å². The molecule has 1 aromatic rings. The third kappa shape index (κ3) is 4.92. The molecule has 2 N–H and O–H groups in total. The Morgan fingerprint density at radius 1 is 1.44 bits per heavy atom. The molecule has 3 nitrogen and oxygen atoms in total. The molecule has 0 spiro atoms. The first-order chi connectivity index (χ1) is 8.67. The van der Waals surface area contributed by atoms with Crippen molar-refractivity contribution < 1.29 is 4.74 Å². The average Bonchev–Trinajstić information content (AvgIpc) is 2.39. The van der Waals surface area contributed by atoms with Gasteiger partial charge in [-0.15, -0.1) is 0 Å². The van der Waals surface area contributed by atoms with Crippen molar-refractivity contribution in [3.05, 3.63) is 29.8 Å². The second-order valence-electron chi connectivity index (χ2n) is 4.25. The summed E-state index contributed by atoms with van der Waals surface area (Å²) in [7, 11) is 1.67. The van der Waals surface area contributed by atoms with Crippen molar-refractivity contribution in [2.24, 2.45) is 0 Å². The molecule has 0 fully saturated rings. The normalized spacial score (nSPS) is 11.7. The lowest BCUT2D eigenvalue weighted by Gasteiger charge is -2.17. The molecule has 0 aliphatic rings. The Morgan fingerprint density at radius 2 is 2.22 bits per heavy atom. The van der Waals surface area contributed by atoms with Crippen molar-refractivity contribution in [3.63, 3.8) is 0 Å². The minimum atomic E-state index is 0.168. The summed E-state index contributed by atoms with van der Waals surface area (Å²) in [5.74, 6) is 0.867. The maximum atomic E-state index is 5.25. The highest BCUT2D eigenvalue weighted by Crippen LogP contribution is 2.18. The maximum Gasteiger partial charge on any atom is 0.166 e. The van der Waals surface area contributed by atoms with Gasteiger partial charge in [0.15, 0.2) is 5.11 Å². The number of hydrogen-bond donors (Lipinski definition) is 2. The third-order valence-corrected chi connectivity index (χ3v) is 3.02. The van der Waals surface area contributed by atoms with E-state index in [2.05, 4.69) is 30.5 Å². The Balaban J connectivity index is 2.48. The number of ether oxygens (including phenoxy) is 1. The molecule has 1 aromatic carbocycles. The fourth-order valence-electron chi connectivity index (χ4n) is 1.62. The third-order valence-electron chi connectivity index (χ3n) is 2.76. The zero-order chi connectivity index (χ0) is 13.4. The SMILES string of the molecule is CCCCNC(=S)NC(C)c1cccc(OC)c1. The standard InChI is InChI=1S/C14H22N2OS/c1-4-5-9-15-14(18)16-11(2)12-7-6-8-13(10-12)17-3/h6-8,10-11H,4-5,9H2,1-3H3,(H2,15,16,18). The van der Waals surface area contributed by atoms with E-state index < -0.39 is 0 Å². The molecule has 100 valence electrons. The Labute approximate surface area is 115 Å². The highest BCUT2D eigenvalue weighted by Gasteiger charge is 2.07. The fraction of sp³-hybridized carbons (Fsp3) is 0.500. The van der Waals surface area contributed by atoms with Crippen molar-refractivity contribution in [3.8, 4) is 5.75 Å². The van der Waals surface area contributed by atoms with Crippen LogP contribution in [-0.2, 0) is 0 Å². The highest BCUT2D eigenvalue weighted by atomic mass is 32.1. The Morgan fingerprint density at radius 3 is 2.89 bits per heavy atom. The number of thiocarbonyl (C=S) groups is 1. The van der Waals surface area contributed by atoms with Gasteiger partial charge in [0.25, 0.3) is 0 Å². The molecule has 0 bridgehead atoms. The van der Waals surface area contributed by atoms with E-state index in [-0.39, 0.29) is 6.04 Å². The lowest BCUT2D eigenvalue weighted by molar-refractivity contribution is 0.413. The van der Waals surface area contributed by atoms with E-state index >= 15 is 0 Å². The molecule has 0 aliphatic heterocycles. The van der Waals surface area contributed by atoms with Crippen molar-refractivity contribution >= 4 is 17.3 Å². The first-order valence-corrected chi connectivity index (χ1v) is 6.76. The summed E-state index contributed by atoms with van der Waals surface area (Å²) < 4.78 is 5.21. The molecular formula is C14H22N2OS. The van der Waals surface area contributed by atoms with E-state index in [0.717, 1.165) is 24.3 Å². The van der Waals surface area contributed by atoms with Crippen molar-refractivity contribution in [2.75, 3.05) is 13.7 Å². The van der Waals surface area contributed by atoms with Gasteiger partial charge in [-0.2, -0.15) is 0 Å². The summed E-state index contributed by atoms with van der Waals surface area (Å²) in [4.78, 5) is 0. The zero-order valence-corrected chi connectivity index (χ0v) is 12.1. The summed E-state index contributed by atoms with van der Waals surface area (Å²) in [6.07, 6.45) is 2.30. The van der Waals surface area contributed by atoms with Crippen LogP contribution in [0.1, 0.15) is 38.3 Å². The zero-order valence-electron chi connectivity index (χ0n) is 11.3. The summed E-state index contributed by atoms with van der Waals surface area (Å²) >= 11 is 5.25. The summed E-state index contributed by atoms with van der Waals surface area (Å²) in [6, 6.07) is 8.18. The van der Waals surface area contributed by atoms with Gasteiger partial charge >= 0.3 is 0 Å². The van der Waals surface area contributed by atoms with Gasteiger partial charge in [0.05, 0.1) is 13.2 Å². The lowest BCUT2D eigenvalue weighted by Crippen LogP contribution is -2.37. The van der Waals surface area contributed by atoms with Crippen molar-refractivity contribution in [1.29, 1.82) is 0 Å². The van der Waals surface area contributed by atoms with Crippen LogP contribution >= 0.6 is 12.2 Å². The second kappa shape index (κ2) is 7.93. The van der Waals surface area contributed by atoms with Gasteiger partial charge in [-0.25, -0.2) is 0 Å². The van der Waals surface area contributed by atoms with Crippen LogP contribution in [0.15, 0.2) is 24.3 Å². The van der Waals surface area contributed by atoms with Crippen LogP contribution in [-0.4, -0.2) is 18.8 Å². The van der Waals surface area contributed by atoms with E-state index in [1.807, 2.05) is 18.2 Å². The molecule has 0 saturated carbocycles. The molecule has 0 radical (unpaired) electrons. The lowest BCUT2D eigenvalue weighted by atomic mass is 10.1. The number of unbranched alkanes of at least 4 members (excludes halogenated alkanes) is 1. The van der Waals surface area contributed by atoms with Crippen LogP contribution in [0.3, 0.4) is 0 Å². The molecule has 18 heavy (non-hydrogen) atoms. The second-order valence-corrected chi connectivity index (χ2v) is 4.66. The Bertz CT molecular complexity index is 382. The quantitative estimate of drug-likeness (QED) is 0.612. The van der Waals surface area contributed by atoms with Gasteiger partial charge in [0.2, 0.25) is 0 Å². The predicted molar refractivity (Wildman–Crippen MR) is 80.1 cm³/mol. The van der Waals surface area contributed by atoms with Gasteiger partial charge in [0, 0.05) is 6.54 Å². The average molecular weight is 266 g/mol. The monoisotopic (exact) mass is 266 g/mol. The summed E-state index contributed by atoms with van der Waals surface area (Å²) in [6.45, 7) is 5.17. The van der Waals surface area contributed by atoms with E-state index in [9.17, 15) is 0 Å². The van der Waals surface area contributed by atoms with E-state index in [0.29, 0.717) is 5.11 Å². The Hall–Kier alpha value is -1.29. The first kappa shape index (κ1) is 14.8. The maximum absolute atomic E-state index is 5.25. The predicted octanol–water partition coefficient (Wildman–Crippen LogP) is 3.02. The number of benzene rings is 1. The first-order valence-electron chi connectivity index (χ1n) is 6.35. The van der Waals surface area contributed by atoms with Crippen molar-refractivity contribution in [1.82, 2.24) is 10.6 Å². The minimum Gasteiger partial charge on any atom is -0.497 e. The molecule has 1 unspecified atom stereocenters. The van der Waals surface area contributed by atoms with Gasteiger partial charge in [-0.3, -0.25) is 0 Å². The molecule has 0 aliphatic carbocycles. The molecule has 0 saturated heterocycles. The van der Waals surface area contributed by atoms with Crippen LogP contribution in [0.4, 0.5) is 0 Å². The largest absolute Gasteiger partial charge is 0.497 e. The van der Waals surface area contributed by atoms with Crippen LogP contribution in [0.25, 0.3) is 0 Å². The molecule has 0 aromatic heterocycles. The fourth-order valence-corrected chi connectivity index (χ4v) is 1.90. The van der Waals surface area contributed by atoms with Gasteiger partial charge in [-0.05, 0) is 43.3 Å². The Kier molecular flexibility index (Phi) is 6.50. The van der Waals surface area contributed by atoms with Gasteiger partial charge in [-0.1, -0.05) is 25.5 Å². The molecule has 0 heterocycles. The van der Waals surface area contributed by atoms with E-state index in [1.54, 1.807) is 7.11 Å². The summed E-state index contributed by atoms with van der Waals surface area (Å²) in [5.41, 5.74) is 1.16. The molecule has 0 amide bonds. The van der Waals surface area contributed by atoms with Crippen LogP contribution in [0, 0.1) is 0 Å². The van der Waals surface area contributed by atoms with E-state index in [4.69, 9.17) is 17.0 Å². The molecular weight excluding hydrogens is 244 g/mol. The van der Waals surface area contributed by atoms with Crippen LogP contribution in [0.5, 0.6) is 5.75 Å². The van der Waals surface area contributed by atoms with E-state index in [1.165, 1.54) is 6.42 Å². The smallest absolute Gasteiger partial charge is 0.166 e. The minimum absolute atomic E-state index is 0.168. The molecule has 4 heteroatoms. The number of rotatable bonds is 6. The molecule has 1 atom stereocenters. The van der Waals surface area contributed by atoms with Crippen LogP contribution < -0.4 is 15.4 Å². The van der Waals surface area contributed by atoms with Gasteiger partial charge < -0.3 is 15.4 Å². The number of hydrogen-bond acceptors (Lipinski definition) is 2. The number of methoxy groups -OCH3 is 1. The highest BCUT2D eigenvalue weighted by molar-refractivity contribution is 7.80. The molecule has 1 rings (SSSR count). The number of nitrogens with one attached hydrogen (secondary N) is 2. The van der Waals surface area contributed by atoms with Crippen LogP contribution in [0.2, 0.25) is 0 Å². The van der Waals surface area contributed by atoms with Crippen molar-refractivity contribution in [2.45, 2.75) is 32.7 Å². The van der Waals surface area contributed by atoms with Gasteiger partial charge in [0.1, 0.15) is 5.75 Å². The summed E-state index contributed by atoms with van der Waals surface area (Å²) in [5, 5.41) is 7.18.